The standard InChI is InChI=1S/C32H34N6O3/c1-37(2)25-17-13-23(14-18-25)34-31(40)29(32(41)35-24-15-19-26(20-16-24)38(3)4)21-9-11-22(12-10-21)30(39)36-28-8-6-5-7-27(28)33/h5-20,29H,33H2,1-4H3,(H,34,40)(H,35,41)(H,36,39). The molecule has 0 saturated heterocycles. The Hall–Kier alpha value is -5.31. The summed E-state index contributed by atoms with van der Waals surface area (Å²) in [5.41, 5.74) is 10.8. The number of carbonyl (C=O) groups excluding carboxylic acids is 3. The van der Waals surface area contributed by atoms with E-state index in [1.54, 1.807) is 72.8 Å². The first-order valence-corrected chi connectivity index (χ1v) is 13.0. The van der Waals surface area contributed by atoms with Gasteiger partial charge in [0.2, 0.25) is 11.8 Å². The lowest BCUT2D eigenvalue weighted by atomic mass is 9.95. The number of benzene rings is 4. The van der Waals surface area contributed by atoms with Gasteiger partial charge in [0.05, 0.1) is 11.4 Å². The summed E-state index contributed by atoms with van der Waals surface area (Å²) in [5, 5.41) is 8.49. The first kappa shape index (κ1) is 28.7. The molecule has 4 aromatic rings. The van der Waals surface area contributed by atoms with E-state index >= 15 is 0 Å². The summed E-state index contributed by atoms with van der Waals surface area (Å²) in [6.45, 7) is 0. The second-order valence-corrected chi connectivity index (χ2v) is 9.96. The normalized spacial score (nSPS) is 10.6. The number of carbonyl (C=O) groups is 3. The molecular weight excluding hydrogens is 516 g/mol. The average molecular weight is 551 g/mol. The Kier molecular flexibility index (Phi) is 8.88. The van der Waals surface area contributed by atoms with Gasteiger partial charge in [0.25, 0.3) is 5.91 Å². The van der Waals surface area contributed by atoms with Gasteiger partial charge in [-0.1, -0.05) is 24.3 Å². The van der Waals surface area contributed by atoms with Crippen molar-refractivity contribution < 1.29 is 14.4 Å². The largest absolute Gasteiger partial charge is 0.397 e. The van der Waals surface area contributed by atoms with Crippen LogP contribution in [0, 0.1) is 0 Å². The van der Waals surface area contributed by atoms with Gasteiger partial charge in [0.15, 0.2) is 0 Å². The Morgan fingerprint density at radius 1 is 0.610 bits per heavy atom. The average Bonchev–Trinajstić information content (AvgIpc) is 2.95. The molecule has 0 bridgehead atoms. The number of hydrogen-bond acceptors (Lipinski definition) is 6. The molecule has 0 atom stereocenters. The van der Waals surface area contributed by atoms with Gasteiger partial charge in [-0.2, -0.15) is 0 Å². The van der Waals surface area contributed by atoms with Crippen LogP contribution in [0.2, 0.25) is 0 Å². The van der Waals surface area contributed by atoms with Crippen LogP contribution in [-0.2, 0) is 9.59 Å². The highest BCUT2D eigenvalue weighted by atomic mass is 16.2. The van der Waals surface area contributed by atoms with E-state index in [1.807, 2.05) is 62.3 Å². The molecule has 0 aromatic heterocycles. The molecule has 0 aliphatic rings. The van der Waals surface area contributed by atoms with E-state index in [1.165, 1.54) is 0 Å². The van der Waals surface area contributed by atoms with Crippen molar-refractivity contribution in [3.63, 3.8) is 0 Å². The predicted octanol–water partition coefficient (Wildman–Crippen LogP) is 5.01. The Morgan fingerprint density at radius 3 is 1.51 bits per heavy atom. The fourth-order valence-electron chi connectivity index (χ4n) is 4.17. The van der Waals surface area contributed by atoms with Gasteiger partial charge >= 0.3 is 0 Å². The number of nitrogens with one attached hydrogen (secondary N) is 3. The highest BCUT2D eigenvalue weighted by Gasteiger charge is 2.29. The third-order valence-electron chi connectivity index (χ3n) is 6.54. The van der Waals surface area contributed by atoms with E-state index in [2.05, 4.69) is 16.0 Å². The van der Waals surface area contributed by atoms with Crippen LogP contribution in [0.3, 0.4) is 0 Å². The number of rotatable bonds is 9. The summed E-state index contributed by atoms with van der Waals surface area (Å²) in [4.78, 5) is 43.8. The van der Waals surface area contributed by atoms with E-state index < -0.39 is 17.7 Å². The van der Waals surface area contributed by atoms with Crippen LogP contribution in [0.1, 0.15) is 21.8 Å². The maximum atomic E-state index is 13.5. The highest BCUT2D eigenvalue weighted by molar-refractivity contribution is 6.15. The summed E-state index contributed by atoms with van der Waals surface area (Å²) in [5.74, 6) is -2.54. The van der Waals surface area contributed by atoms with Crippen LogP contribution in [0.25, 0.3) is 0 Å². The van der Waals surface area contributed by atoms with Crippen LogP contribution in [0.15, 0.2) is 97.1 Å². The molecule has 0 fully saturated rings. The molecule has 0 aliphatic heterocycles. The molecule has 0 saturated carbocycles. The summed E-state index contributed by atoms with van der Waals surface area (Å²) in [7, 11) is 7.71. The molecule has 9 heteroatoms. The molecule has 4 rings (SSSR count). The summed E-state index contributed by atoms with van der Waals surface area (Å²) in [6.07, 6.45) is 0. The smallest absolute Gasteiger partial charge is 0.255 e. The molecule has 0 radical (unpaired) electrons. The number of nitrogens with zero attached hydrogens (tertiary/aromatic N) is 2. The maximum absolute atomic E-state index is 13.5. The van der Waals surface area contributed by atoms with Gasteiger partial charge < -0.3 is 31.5 Å². The number of anilines is 6. The van der Waals surface area contributed by atoms with E-state index in [0.29, 0.717) is 33.9 Å². The van der Waals surface area contributed by atoms with E-state index in [0.717, 1.165) is 11.4 Å². The minimum absolute atomic E-state index is 0.357. The van der Waals surface area contributed by atoms with E-state index in [4.69, 9.17) is 5.73 Å². The molecule has 0 spiro atoms. The SMILES string of the molecule is CN(C)c1ccc(NC(=O)C(C(=O)Nc2ccc(N(C)C)cc2)c2ccc(C(=O)Nc3ccccc3N)cc2)cc1. The van der Waals surface area contributed by atoms with Gasteiger partial charge in [-0.3, -0.25) is 14.4 Å². The monoisotopic (exact) mass is 550 g/mol. The van der Waals surface area contributed by atoms with Crippen molar-refractivity contribution in [3.8, 4) is 0 Å². The van der Waals surface area contributed by atoms with Gasteiger partial charge in [-0.05, 0) is 78.4 Å². The van der Waals surface area contributed by atoms with Gasteiger partial charge in [0.1, 0.15) is 5.92 Å². The molecule has 0 heterocycles. The van der Waals surface area contributed by atoms with Crippen molar-refractivity contribution in [2.75, 3.05) is 59.7 Å². The van der Waals surface area contributed by atoms with Gasteiger partial charge in [0, 0.05) is 56.5 Å². The quantitative estimate of drug-likeness (QED) is 0.172. The Labute approximate surface area is 240 Å². The molecule has 0 aliphatic carbocycles. The second-order valence-electron chi connectivity index (χ2n) is 9.96. The first-order chi connectivity index (χ1) is 19.6. The molecule has 41 heavy (non-hydrogen) atoms. The van der Waals surface area contributed by atoms with Crippen LogP contribution in [0.4, 0.5) is 34.1 Å². The van der Waals surface area contributed by atoms with Gasteiger partial charge in [-0.15, -0.1) is 0 Å². The van der Waals surface area contributed by atoms with Crippen molar-refractivity contribution in [1.29, 1.82) is 0 Å². The number of nitrogen functional groups attached to an aromatic ring is 1. The van der Waals surface area contributed by atoms with Crippen LogP contribution < -0.4 is 31.5 Å². The van der Waals surface area contributed by atoms with Crippen molar-refractivity contribution in [1.82, 2.24) is 0 Å². The molecule has 4 aromatic carbocycles. The third-order valence-corrected chi connectivity index (χ3v) is 6.54. The fraction of sp³-hybridized carbons (Fsp3) is 0.156. The molecule has 210 valence electrons. The molecule has 9 nitrogen and oxygen atoms in total. The second kappa shape index (κ2) is 12.7. The molecular formula is C32H34N6O3. The van der Waals surface area contributed by atoms with Crippen molar-refractivity contribution in [2.24, 2.45) is 0 Å². The predicted molar refractivity (Wildman–Crippen MR) is 167 cm³/mol. The Balaban J connectivity index is 1.58. The van der Waals surface area contributed by atoms with Crippen LogP contribution in [0.5, 0.6) is 0 Å². The summed E-state index contributed by atoms with van der Waals surface area (Å²) < 4.78 is 0. The fourth-order valence-corrected chi connectivity index (χ4v) is 4.17. The zero-order chi connectivity index (χ0) is 29.5. The van der Waals surface area contributed by atoms with Crippen molar-refractivity contribution in [3.05, 3.63) is 108 Å². The highest BCUT2D eigenvalue weighted by Crippen LogP contribution is 2.25. The van der Waals surface area contributed by atoms with E-state index in [-0.39, 0.29) is 5.91 Å². The van der Waals surface area contributed by atoms with Crippen LogP contribution >= 0.6 is 0 Å². The number of para-hydroxylation sites is 2. The van der Waals surface area contributed by atoms with E-state index in [9.17, 15) is 14.4 Å². The number of nitrogens with two attached hydrogens (primary N) is 1. The number of amides is 3. The lowest BCUT2D eigenvalue weighted by Gasteiger charge is -2.19. The minimum atomic E-state index is -1.18. The third kappa shape index (κ3) is 7.21. The lowest BCUT2D eigenvalue weighted by molar-refractivity contribution is -0.125. The Morgan fingerprint density at radius 2 is 1.07 bits per heavy atom. The molecule has 5 N–H and O–H groups in total. The Bertz CT molecular complexity index is 1450. The zero-order valence-electron chi connectivity index (χ0n) is 23.5. The summed E-state index contributed by atoms with van der Waals surface area (Å²) >= 11 is 0. The van der Waals surface area contributed by atoms with Crippen molar-refractivity contribution >= 4 is 51.8 Å². The maximum Gasteiger partial charge on any atom is 0.255 e. The van der Waals surface area contributed by atoms with Gasteiger partial charge in [-0.25, -0.2) is 0 Å². The summed E-state index contributed by atoms with van der Waals surface area (Å²) in [6, 6.07) is 28.0. The zero-order valence-corrected chi connectivity index (χ0v) is 23.5. The van der Waals surface area contributed by atoms with Crippen LogP contribution in [-0.4, -0.2) is 45.9 Å². The number of hydrogen-bond donors (Lipinski definition) is 4. The molecule has 0 unspecified atom stereocenters. The first-order valence-electron chi connectivity index (χ1n) is 13.0. The minimum Gasteiger partial charge on any atom is -0.397 e. The topological polar surface area (TPSA) is 120 Å². The van der Waals surface area contributed by atoms with Crippen molar-refractivity contribution in [2.45, 2.75) is 5.92 Å². The molecule has 3 amide bonds. The lowest BCUT2D eigenvalue weighted by Crippen LogP contribution is -2.32.